The smallest absolute Gasteiger partial charge is 0.0814 e. The maximum Gasteiger partial charge on any atom is 0.0814 e. The van der Waals surface area contributed by atoms with Crippen LogP contribution in [0.5, 0.6) is 0 Å². The highest BCUT2D eigenvalue weighted by Crippen LogP contribution is 2.36. The summed E-state index contributed by atoms with van der Waals surface area (Å²) < 4.78 is 5.24. The van der Waals surface area contributed by atoms with E-state index in [2.05, 4.69) is 5.43 Å². The van der Waals surface area contributed by atoms with E-state index in [-0.39, 0.29) is 5.54 Å². The van der Waals surface area contributed by atoms with Crippen LogP contribution in [0, 0.1) is 5.92 Å². The quantitative estimate of drug-likeness (QED) is 0.476. The van der Waals surface area contributed by atoms with Crippen molar-refractivity contribution >= 4 is 0 Å². The Balaban J connectivity index is 1.95. The summed E-state index contributed by atoms with van der Waals surface area (Å²) in [6.07, 6.45) is 6.79. The summed E-state index contributed by atoms with van der Waals surface area (Å²) in [5.74, 6) is 6.32. The standard InChI is InChI=1S/C9H18N2O/c10-11-9(6-12-7-9)8-4-2-1-3-5-8/h8,11H,1-7,10H2. The van der Waals surface area contributed by atoms with Gasteiger partial charge in [-0.2, -0.15) is 0 Å². The minimum atomic E-state index is 0.139. The van der Waals surface area contributed by atoms with Crippen molar-refractivity contribution < 1.29 is 4.74 Å². The lowest BCUT2D eigenvalue weighted by molar-refractivity contribution is -0.111. The second-order valence-electron chi connectivity index (χ2n) is 4.13. The number of rotatable bonds is 2. The van der Waals surface area contributed by atoms with Crippen molar-refractivity contribution in [2.24, 2.45) is 11.8 Å². The Bertz CT molecular complexity index is 145. The molecule has 3 heteroatoms. The molecule has 1 saturated heterocycles. The average molecular weight is 170 g/mol. The third-order valence-electron chi connectivity index (χ3n) is 3.39. The molecule has 0 unspecified atom stereocenters. The summed E-state index contributed by atoms with van der Waals surface area (Å²) in [4.78, 5) is 0. The van der Waals surface area contributed by atoms with E-state index in [0.717, 1.165) is 19.1 Å². The van der Waals surface area contributed by atoms with Gasteiger partial charge in [-0.1, -0.05) is 19.3 Å². The van der Waals surface area contributed by atoms with Gasteiger partial charge in [-0.3, -0.25) is 5.84 Å². The van der Waals surface area contributed by atoms with Gasteiger partial charge in [-0.15, -0.1) is 0 Å². The van der Waals surface area contributed by atoms with Gasteiger partial charge in [0.1, 0.15) is 0 Å². The van der Waals surface area contributed by atoms with Gasteiger partial charge in [0.05, 0.1) is 18.8 Å². The van der Waals surface area contributed by atoms with Crippen molar-refractivity contribution in [2.75, 3.05) is 13.2 Å². The number of nitrogens with two attached hydrogens (primary N) is 1. The molecule has 2 rings (SSSR count). The monoisotopic (exact) mass is 170 g/mol. The molecule has 1 aliphatic carbocycles. The maximum atomic E-state index is 5.57. The van der Waals surface area contributed by atoms with Gasteiger partial charge in [0.15, 0.2) is 0 Å². The first-order chi connectivity index (χ1) is 5.87. The van der Waals surface area contributed by atoms with Crippen LogP contribution in [0.25, 0.3) is 0 Å². The molecule has 0 spiro atoms. The number of nitrogens with one attached hydrogen (secondary N) is 1. The molecule has 2 aliphatic rings. The Morgan fingerprint density at radius 2 is 1.83 bits per heavy atom. The van der Waals surface area contributed by atoms with Crippen LogP contribution < -0.4 is 11.3 Å². The van der Waals surface area contributed by atoms with Crippen LogP contribution in [-0.4, -0.2) is 18.8 Å². The predicted octanol–water partition coefficient (Wildman–Crippen LogP) is 0.799. The molecular weight excluding hydrogens is 152 g/mol. The fourth-order valence-electron chi connectivity index (χ4n) is 2.41. The molecule has 1 saturated carbocycles. The Hall–Kier alpha value is -0.120. The lowest BCUT2D eigenvalue weighted by Crippen LogP contribution is -2.67. The van der Waals surface area contributed by atoms with E-state index >= 15 is 0 Å². The van der Waals surface area contributed by atoms with Gasteiger partial charge in [0, 0.05) is 0 Å². The topological polar surface area (TPSA) is 47.3 Å². The average Bonchev–Trinajstić information content (AvgIpc) is 2.05. The summed E-state index contributed by atoms with van der Waals surface area (Å²) in [5, 5.41) is 0. The van der Waals surface area contributed by atoms with E-state index in [4.69, 9.17) is 10.6 Å². The van der Waals surface area contributed by atoms with Crippen LogP contribution in [0.3, 0.4) is 0 Å². The van der Waals surface area contributed by atoms with Gasteiger partial charge in [0.2, 0.25) is 0 Å². The number of ether oxygens (including phenoxy) is 1. The van der Waals surface area contributed by atoms with E-state index < -0.39 is 0 Å². The summed E-state index contributed by atoms with van der Waals surface area (Å²) in [7, 11) is 0. The van der Waals surface area contributed by atoms with Crippen molar-refractivity contribution in [2.45, 2.75) is 37.6 Å². The number of hydrazine groups is 1. The third kappa shape index (κ3) is 1.26. The largest absolute Gasteiger partial charge is 0.377 e. The molecule has 0 amide bonds. The predicted molar refractivity (Wildman–Crippen MR) is 47.4 cm³/mol. The molecule has 0 aromatic rings. The van der Waals surface area contributed by atoms with Crippen LogP contribution in [-0.2, 0) is 4.74 Å². The summed E-state index contributed by atoms with van der Waals surface area (Å²) in [5.41, 5.74) is 3.10. The summed E-state index contributed by atoms with van der Waals surface area (Å²) in [6.45, 7) is 1.63. The molecule has 12 heavy (non-hydrogen) atoms. The summed E-state index contributed by atoms with van der Waals surface area (Å²) in [6, 6.07) is 0. The van der Waals surface area contributed by atoms with Gasteiger partial charge < -0.3 is 4.74 Å². The first kappa shape index (κ1) is 8.48. The summed E-state index contributed by atoms with van der Waals surface area (Å²) >= 11 is 0. The van der Waals surface area contributed by atoms with E-state index in [1.165, 1.54) is 32.1 Å². The van der Waals surface area contributed by atoms with Crippen LogP contribution in [0.2, 0.25) is 0 Å². The molecule has 3 N–H and O–H groups in total. The Morgan fingerprint density at radius 1 is 1.17 bits per heavy atom. The van der Waals surface area contributed by atoms with E-state index in [9.17, 15) is 0 Å². The molecule has 1 aliphatic heterocycles. The SMILES string of the molecule is NNC1(C2CCCCC2)COC1. The second kappa shape index (κ2) is 3.32. The fourth-order valence-corrected chi connectivity index (χ4v) is 2.41. The highest BCUT2D eigenvalue weighted by molar-refractivity contribution is 4.99. The normalized spacial score (nSPS) is 29.8. The molecule has 0 aromatic heterocycles. The molecule has 1 heterocycles. The minimum absolute atomic E-state index is 0.139. The first-order valence-electron chi connectivity index (χ1n) is 4.93. The van der Waals surface area contributed by atoms with Crippen molar-refractivity contribution in [1.29, 1.82) is 0 Å². The van der Waals surface area contributed by atoms with Gasteiger partial charge in [0.25, 0.3) is 0 Å². The van der Waals surface area contributed by atoms with Gasteiger partial charge in [-0.25, -0.2) is 5.43 Å². The lowest BCUT2D eigenvalue weighted by atomic mass is 9.74. The number of hydrogen-bond donors (Lipinski definition) is 2. The Kier molecular flexibility index (Phi) is 2.35. The van der Waals surface area contributed by atoms with E-state index in [1.54, 1.807) is 0 Å². The molecule has 0 aromatic carbocycles. The number of hydrogen-bond acceptors (Lipinski definition) is 3. The molecule has 0 bridgehead atoms. The molecule has 0 radical (unpaired) electrons. The van der Waals surface area contributed by atoms with E-state index in [0.29, 0.717) is 0 Å². The van der Waals surface area contributed by atoms with Crippen LogP contribution in [0.1, 0.15) is 32.1 Å². The van der Waals surface area contributed by atoms with E-state index in [1.807, 2.05) is 0 Å². The molecule has 2 fully saturated rings. The third-order valence-corrected chi connectivity index (χ3v) is 3.39. The highest BCUT2D eigenvalue weighted by Gasteiger charge is 2.44. The molecular formula is C9H18N2O. The minimum Gasteiger partial charge on any atom is -0.377 e. The fraction of sp³-hybridized carbons (Fsp3) is 1.00. The van der Waals surface area contributed by atoms with Crippen LogP contribution in [0.4, 0.5) is 0 Å². The second-order valence-corrected chi connectivity index (χ2v) is 4.13. The molecule has 3 nitrogen and oxygen atoms in total. The molecule has 0 atom stereocenters. The lowest BCUT2D eigenvalue weighted by Gasteiger charge is -2.48. The Morgan fingerprint density at radius 3 is 2.25 bits per heavy atom. The zero-order valence-electron chi connectivity index (χ0n) is 7.51. The van der Waals surface area contributed by atoms with Crippen molar-refractivity contribution in [3.05, 3.63) is 0 Å². The Labute approximate surface area is 73.6 Å². The highest BCUT2D eigenvalue weighted by atomic mass is 16.5. The van der Waals surface area contributed by atoms with Gasteiger partial charge in [-0.05, 0) is 18.8 Å². The van der Waals surface area contributed by atoms with Crippen molar-refractivity contribution in [1.82, 2.24) is 5.43 Å². The maximum absolute atomic E-state index is 5.57. The first-order valence-corrected chi connectivity index (χ1v) is 4.93. The molecule has 70 valence electrons. The zero-order chi connectivity index (χ0) is 8.44. The van der Waals surface area contributed by atoms with Gasteiger partial charge >= 0.3 is 0 Å². The van der Waals surface area contributed by atoms with Crippen molar-refractivity contribution in [3.63, 3.8) is 0 Å². The van der Waals surface area contributed by atoms with Crippen LogP contribution in [0.15, 0.2) is 0 Å². The zero-order valence-corrected chi connectivity index (χ0v) is 7.51. The van der Waals surface area contributed by atoms with Crippen molar-refractivity contribution in [3.8, 4) is 0 Å². The van der Waals surface area contributed by atoms with Crippen LogP contribution >= 0.6 is 0 Å².